The van der Waals surface area contributed by atoms with E-state index in [9.17, 15) is 0 Å². The molecular formula is C8H16INO. The van der Waals surface area contributed by atoms with E-state index < -0.39 is 0 Å². The van der Waals surface area contributed by atoms with E-state index in [4.69, 9.17) is 5.11 Å². The summed E-state index contributed by atoms with van der Waals surface area (Å²) in [7, 11) is 0. The van der Waals surface area contributed by atoms with Crippen LogP contribution in [0.4, 0.5) is 0 Å². The summed E-state index contributed by atoms with van der Waals surface area (Å²) >= 11 is 2.53. The van der Waals surface area contributed by atoms with Crippen LogP contribution in [0.25, 0.3) is 0 Å². The molecule has 1 fully saturated rings. The molecule has 1 rings (SSSR count). The Kier molecular flexibility index (Phi) is 4.71. The molecule has 1 saturated heterocycles. The van der Waals surface area contributed by atoms with Crippen molar-refractivity contribution in [1.29, 1.82) is 0 Å². The fraction of sp³-hybridized carbons (Fsp3) is 1.00. The van der Waals surface area contributed by atoms with Gasteiger partial charge in [0.1, 0.15) is 0 Å². The lowest BCUT2D eigenvalue weighted by molar-refractivity contribution is 0.203. The molecule has 0 spiro atoms. The van der Waals surface area contributed by atoms with E-state index in [1.54, 1.807) is 0 Å². The van der Waals surface area contributed by atoms with E-state index in [2.05, 4.69) is 27.5 Å². The average Bonchev–Trinajstić information content (AvgIpc) is 2.04. The Morgan fingerprint density at radius 2 is 2.00 bits per heavy atom. The van der Waals surface area contributed by atoms with E-state index in [1.165, 1.54) is 25.9 Å². The molecule has 11 heavy (non-hydrogen) atoms. The molecule has 0 atom stereocenters. The maximum Gasteiger partial charge on any atom is 0.0443 e. The topological polar surface area (TPSA) is 23.5 Å². The number of piperidine rings is 1. The van der Waals surface area contributed by atoms with E-state index in [0.29, 0.717) is 6.61 Å². The lowest BCUT2D eigenvalue weighted by Gasteiger charge is -2.28. The minimum absolute atomic E-state index is 0.337. The fourth-order valence-corrected chi connectivity index (χ4v) is 1.98. The van der Waals surface area contributed by atoms with Crippen molar-refractivity contribution in [3.63, 3.8) is 0 Å². The quantitative estimate of drug-likeness (QED) is 0.616. The lowest BCUT2D eigenvalue weighted by atomic mass is 10.1. The highest BCUT2D eigenvalue weighted by atomic mass is 127. The minimum Gasteiger partial charge on any atom is -0.396 e. The van der Waals surface area contributed by atoms with Crippen LogP contribution in [0.2, 0.25) is 0 Å². The SMILES string of the molecule is OCCCN1CCC(I)CC1. The highest BCUT2D eigenvalue weighted by molar-refractivity contribution is 14.1. The number of hydrogen-bond donors (Lipinski definition) is 1. The molecule has 0 aromatic heterocycles. The first-order chi connectivity index (χ1) is 5.33. The maximum atomic E-state index is 8.62. The molecule has 3 heteroatoms. The molecule has 66 valence electrons. The van der Waals surface area contributed by atoms with Crippen LogP contribution in [0.15, 0.2) is 0 Å². The third kappa shape index (κ3) is 3.71. The number of halogens is 1. The van der Waals surface area contributed by atoms with Crippen molar-refractivity contribution in [2.24, 2.45) is 0 Å². The number of alkyl halides is 1. The zero-order chi connectivity index (χ0) is 8.10. The monoisotopic (exact) mass is 269 g/mol. The van der Waals surface area contributed by atoms with Crippen LogP contribution in [-0.2, 0) is 0 Å². The van der Waals surface area contributed by atoms with Crippen molar-refractivity contribution < 1.29 is 5.11 Å². The summed E-state index contributed by atoms with van der Waals surface area (Å²) in [6.45, 7) is 3.88. The summed E-state index contributed by atoms with van der Waals surface area (Å²) in [4.78, 5) is 2.45. The van der Waals surface area contributed by atoms with Crippen molar-refractivity contribution in [2.45, 2.75) is 23.2 Å². The van der Waals surface area contributed by atoms with Gasteiger partial charge in [-0.05, 0) is 32.4 Å². The summed E-state index contributed by atoms with van der Waals surface area (Å²) in [5.41, 5.74) is 0. The Balaban J connectivity index is 2.07. The van der Waals surface area contributed by atoms with Gasteiger partial charge in [0.2, 0.25) is 0 Å². The van der Waals surface area contributed by atoms with Gasteiger partial charge in [-0.2, -0.15) is 0 Å². The summed E-state index contributed by atoms with van der Waals surface area (Å²) in [5, 5.41) is 8.62. The van der Waals surface area contributed by atoms with Crippen LogP contribution in [0.1, 0.15) is 19.3 Å². The molecule has 0 amide bonds. The Morgan fingerprint density at radius 3 is 2.55 bits per heavy atom. The molecule has 2 nitrogen and oxygen atoms in total. The number of aliphatic hydroxyl groups excluding tert-OH is 1. The van der Waals surface area contributed by atoms with Gasteiger partial charge in [0.25, 0.3) is 0 Å². The van der Waals surface area contributed by atoms with Gasteiger partial charge >= 0.3 is 0 Å². The van der Waals surface area contributed by atoms with Crippen molar-refractivity contribution in [2.75, 3.05) is 26.2 Å². The Morgan fingerprint density at radius 1 is 1.36 bits per heavy atom. The van der Waals surface area contributed by atoms with E-state index in [1.807, 2.05) is 0 Å². The second kappa shape index (κ2) is 5.32. The molecule has 0 aromatic carbocycles. The van der Waals surface area contributed by atoms with Gasteiger partial charge in [0.05, 0.1) is 0 Å². The second-order valence-electron chi connectivity index (χ2n) is 3.09. The first kappa shape index (κ1) is 9.74. The number of rotatable bonds is 3. The van der Waals surface area contributed by atoms with Gasteiger partial charge in [-0.15, -0.1) is 0 Å². The van der Waals surface area contributed by atoms with Gasteiger partial charge in [-0.25, -0.2) is 0 Å². The van der Waals surface area contributed by atoms with Crippen LogP contribution < -0.4 is 0 Å². The van der Waals surface area contributed by atoms with Crippen molar-refractivity contribution in [3.8, 4) is 0 Å². The predicted octanol–water partition coefficient (Wildman–Crippen LogP) is 1.27. The highest BCUT2D eigenvalue weighted by Gasteiger charge is 2.15. The van der Waals surface area contributed by atoms with Crippen LogP contribution in [-0.4, -0.2) is 40.2 Å². The molecule has 0 aromatic rings. The Hall–Kier alpha value is 0.650. The maximum absolute atomic E-state index is 8.62. The largest absolute Gasteiger partial charge is 0.396 e. The third-order valence-corrected chi connectivity index (χ3v) is 3.40. The molecule has 1 heterocycles. The van der Waals surface area contributed by atoms with Crippen molar-refractivity contribution >= 4 is 22.6 Å². The second-order valence-corrected chi connectivity index (χ2v) is 4.86. The average molecular weight is 269 g/mol. The molecule has 0 saturated carbocycles. The smallest absolute Gasteiger partial charge is 0.0443 e. The number of aliphatic hydroxyl groups is 1. The van der Waals surface area contributed by atoms with Crippen molar-refractivity contribution in [3.05, 3.63) is 0 Å². The minimum atomic E-state index is 0.337. The fourth-order valence-electron chi connectivity index (χ4n) is 1.42. The standard InChI is InChI=1S/C8H16INO/c9-8-2-5-10(6-3-8)4-1-7-11/h8,11H,1-7H2. The first-order valence-electron chi connectivity index (χ1n) is 4.30. The zero-order valence-electron chi connectivity index (χ0n) is 6.80. The van der Waals surface area contributed by atoms with E-state index in [0.717, 1.165) is 16.9 Å². The molecule has 0 radical (unpaired) electrons. The molecule has 1 aliphatic heterocycles. The molecule has 0 aliphatic carbocycles. The number of likely N-dealkylation sites (tertiary alicyclic amines) is 1. The molecule has 1 N–H and O–H groups in total. The van der Waals surface area contributed by atoms with Gasteiger partial charge in [-0.3, -0.25) is 0 Å². The number of nitrogens with zero attached hydrogens (tertiary/aromatic N) is 1. The highest BCUT2D eigenvalue weighted by Crippen LogP contribution is 2.17. The van der Waals surface area contributed by atoms with Gasteiger partial charge in [0.15, 0.2) is 0 Å². The van der Waals surface area contributed by atoms with Crippen LogP contribution in [0.3, 0.4) is 0 Å². The van der Waals surface area contributed by atoms with Crippen LogP contribution >= 0.6 is 22.6 Å². The molecule has 0 unspecified atom stereocenters. The van der Waals surface area contributed by atoms with Gasteiger partial charge in [-0.1, -0.05) is 22.6 Å². The zero-order valence-corrected chi connectivity index (χ0v) is 8.96. The van der Waals surface area contributed by atoms with E-state index >= 15 is 0 Å². The van der Waals surface area contributed by atoms with Gasteiger partial charge in [0, 0.05) is 17.1 Å². The Bertz CT molecular complexity index is 99.5. The third-order valence-electron chi connectivity index (χ3n) is 2.15. The lowest BCUT2D eigenvalue weighted by Crippen LogP contribution is -2.34. The van der Waals surface area contributed by atoms with Gasteiger partial charge < -0.3 is 10.0 Å². The Labute approximate surface area is 82.1 Å². The normalized spacial score (nSPS) is 22.4. The number of hydrogen-bond acceptors (Lipinski definition) is 2. The summed E-state index contributed by atoms with van der Waals surface area (Å²) in [5.74, 6) is 0. The molecular weight excluding hydrogens is 253 g/mol. The van der Waals surface area contributed by atoms with Crippen LogP contribution in [0.5, 0.6) is 0 Å². The molecule has 1 aliphatic rings. The molecule has 0 bridgehead atoms. The first-order valence-corrected chi connectivity index (χ1v) is 5.55. The summed E-state index contributed by atoms with van der Waals surface area (Å²) in [6.07, 6.45) is 3.59. The summed E-state index contributed by atoms with van der Waals surface area (Å²) < 4.78 is 0.887. The van der Waals surface area contributed by atoms with Crippen LogP contribution in [0, 0.1) is 0 Å². The summed E-state index contributed by atoms with van der Waals surface area (Å²) in [6, 6.07) is 0. The predicted molar refractivity (Wildman–Crippen MR) is 55.2 cm³/mol. The van der Waals surface area contributed by atoms with E-state index in [-0.39, 0.29) is 0 Å². The van der Waals surface area contributed by atoms with Crippen molar-refractivity contribution in [1.82, 2.24) is 4.90 Å².